The number of hydrogen-bond donors (Lipinski definition) is 2. The largest absolute Gasteiger partial charge is 0.452 e. The zero-order chi connectivity index (χ0) is 17.6. The van der Waals surface area contributed by atoms with E-state index in [9.17, 15) is 4.79 Å². The van der Waals surface area contributed by atoms with E-state index in [1.165, 1.54) is 6.92 Å². The number of anilines is 1. The molecule has 0 bridgehead atoms. The van der Waals surface area contributed by atoms with Gasteiger partial charge in [-0.1, -0.05) is 24.2 Å². The Hall–Kier alpha value is -3.28. The first-order chi connectivity index (χ1) is 12.0. The quantitative estimate of drug-likeness (QED) is 0.711. The van der Waals surface area contributed by atoms with Crippen LogP contribution < -0.4 is 16.1 Å². The molecule has 0 saturated carbocycles. The predicted octanol–water partition coefficient (Wildman–Crippen LogP) is 2.84. The summed E-state index contributed by atoms with van der Waals surface area (Å²) in [5, 5.41) is 6.76. The van der Waals surface area contributed by atoms with E-state index in [1.807, 2.05) is 36.4 Å². The SMILES string of the molecule is [B]c1ccc2oc3c(c2c1)N=C(c1ccc(NC(C)=O)cc1)NC3=C. The molecule has 0 fully saturated rings. The molecule has 120 valence electrons. The molecule has 1 amide bonds. The molecule has 1 aliphatic rings. The number of benzene rings is 2. The number of aliphatic imine (C=N–C) groups is 1. The second-order valence-electron chi connectivity index (χ2n) is 5.86. The molecule has 2 radical (unpaired) electrons. The van der Waals surface area contributed by atoms with Crippen LogP contribution in [0.4, 0.5) is 11.4 Å². The van der Waals surface area contributed by atoms with Crippen molar-refractivity contribution in [3.63, 3.8) is 0 Å². The third kappa shape index (κ3) is 2.72. The topological polar surface area (TPSA) is 66.6 Å². The molecule has 5 nitrogen and oxygen atoms in total. The molecule has 2 N–H and O–H groups in total. The molecule has 0 aliphatic carbocycles. The summed E-state index contributed by atoms with van der Waals surface area (Å²) in [5.41, 5.74) is 4.32. The van der Waals surface area contributed by atoms with Crippen molar-refractivity contribution in [2.45, 2.75) is 6.92 Å². The van der Waals surface area contributed by atoms with Crippen molar-refractivity contribution in [2.75, 3.05) is 5.32 Å². The first-order valence-corrected chi connectivity index (χ1v) is 7.76. The van der Waals surface area contributed by atoms with Crippen LogP contribution in [-0.4, -0.2) is 19.6 Å². The van der Waals surface area contributed by atoms with Crippen LogP contribution in [0.5, 0.6) is 0 Å². The molecule has 6 heteroatoms. The number of carbonyl (C=O) groups excluding carboxylic acids is 1. The smallest absolute Gasteiger partial charge is 0.221 e. The van der Waals surface area contributed by atoms with Crippen LogP contribution in [0.2, 0.25) is 0 Å². The van der Waals surface area contributed by atoms with E-state index >= 15 is 0 Å². The first kappa shape index (κ1) is 15.3. The summed E-state index contributed by atoms with van der Waals surface area (Å²) in [6.45, 7) is 5.51. The lowest BCUT2D eigenvalue weighted by molar-refractivity contribution is -0.114. The normalized spacial score (nSPS) is 13.2. The molecule has 2 aromatic carbocycles. The van der Waals surface area contributed by atoms with Gasteiger partial charge in [0.05, 0.1) is 5.70 Å². The molecular formula is C19H14BN3O2. The molecule has 25 heavy (non-hydrogen) atoms. The minimum atomic E-state index is -0.110. The number of carbonyl (C=O) groups is 1. The van der Waals surface area contributed by atoms with Crippen molar-refractivity contribution in [2.24, 2.45) is 4.99 Å². The molecule has 1 aliphatic heterocycles. The van der Waals surface area contributed by atoms with Crippen LogP contribution in [-0.2, 0) is 4.79 Å². The minimum absolute atomic E-state index is 0.110. The van der Waals surface area contributed by atoms with Crippen molar-refractivity contribution in [3.8, 4) is 0 Å². The third-order valence-electron chi connectivity index (χ3n) is 3.93. The van der Waals surface area contributed by atoms with E-state index in [0.717, 1.165) is 16.6 Å². The van der Waals surface area contributed by atoms with Gasteiger partial charge in [0.2, 0.25) is 5.91 Å². The molecule has 0 saturated heterocycles. The average molecular weight is 327 g/mol. The molecule has 3 aromatic rings. The summed E-state index contributed by atoms with van der Waals surface area (Å²) in [7, 11) is 5.89. The lowest BCUT2D eigenvalue weighted by Crippen LogP contribution is -2.24. The summed E-state index contributed by atoms with van der Waals surface area (Å²) in [6, 6.07) is 12.9. The Kier molecular flexibility index (Phi) is 3.46. The number of amides is 1. The maximum atomic E-state index is 11.1. The zero-order valence-electron chi connectivity index (χ0n) is 13.6. The second-order valence-corrected chi connectivity index (χ2v) is 5.86. The fourth-order valence-electron chi connectivity index (χ4n) is 2.81. The van der Waals surface area contributed by atoms with Crippen molar-refractivity contribution in [1.29, 1.82) is 0 Å². The molecule has 4 rings (SSSR count). The van der Waals surface area contributed by atoms with E-state index < -0.39 is 0 Å². The maximum Gasteiger partial charge on any atom is 0.221 e. The van der Waals surface area contributed by atoms with Gasteiger partial charge in [0.1, 0.15) is 25.0 Å². The molecule has 0 unspecified atom stereocenters. The summed E-state index contributed by atoms with van der Waals surface area (Å²) >= 11 is 0. The van der Waals surface area contributed by atoms with Gasteiger partial charge in [-0.25, -0.2) is 4.99 Å². The molecule has 0 spiro atoms. The highest BCUT2D eigenvalue weighted by atomic mass is 16.3. The van der Waals surface area contributed by atoms with Gasteiger partial charge in [0, 0.05) is 23.6 Å². The molecule has 1 aromatic heterocycles. The average Bonchev–Trinajstić information content (AvgIpc) is 2.94. The predicted molar refractivity (Wildman–Crippen MR) is 101 cm³/mol. The van der Waals surface area contributed by atoms with Crippen LogP contribution >= 0.6 is 0 Å². The molecule has 0 atom stereocenters. The van der Waals surface area contributed by atoms with Crippen molar-refractivity contribution >= 4 is 53.1 Å². The van der Waals surface area contributed by atoms with E-state index in [1.54, 1.807) is 6.07 Å². The van der Waals surface area contributed by atoms with Gasteiger partial charge >= 0.3 is 0 Å². The lowest BCUT2D eigenvalue weighted by Gasteiger charge is -2.16. The zero-order valence-corrected chi connectivity index (χ0v) is 13.6. The number of rotatable bonds is 2. The van der Waals surface area contributed by atoms with Gasteiger partial charge < -0.3 is 15.1 Å². The molecule has 2 heterocycles. The monoisotopic (exact) mass is 327 g/mol. The van der Waals surface area contributed by atoms with E-state index in [-0.39, 0.29) is 5.91 Å². The van der Waals surface area contributed by atoms with Gasteiger partial charge in [0.15, 0.2) is 5.76 Å². The fraction of sp³-hybridized carbons (Fsp3) is 0.0526. The minimum Gasteiger partial charge on any atom is -0.452 e. The Morgan fingerprint density at radius 2 is 2.00 bits per heavy atom. The van der Waals surface area contributed by atoms with Gasteiger partial charge in [-0.05, 0) is 30.3 Å². The Labute approximate surface area is 145 Å². The van der Waals surface area contributed by atoms with Crippen molar-refractivity contribution < 1.29 is 9.21 Å². The number of nitrogens with zero attached hydrogens (tertiary/aromatic N) is 1. The maximum absolute atomic E-state index is 11.1. The van der Waals surface area contributed by atoms with E-state index in [2.05, 4.69) is 17.2 Å². The van der Waals surface area contributed by atoms with Gasteiger partial charge in [0.25, 0.3) is 0 Å². The van der Waals surface area contributed by atoms with E-state index in [4.69, 9.17) is 17.3 Å². The number of amidine groups is 1. The fourth-order valence-corrected chi connectivity index (χ4v) is 2.81. The number of hydrogen-bond acceptors (Lipinski definition) is 4. The van der Waals surface area contributed by atoms with E-state index in [0.29, 0.717) is 34.0 Å². The Balaban J connectivity index is 1.78. The van der Waals surface area contributed by atoms with Gasteiger partial charge in [-0.2, -0.15) is 0 Å². The summed E-state index contributed by atoms with van der Waals surface area (Å²) in [5.74, 6) is 1.16. The van der Waals surface area contributed by atoms with Crippen LogP contribution in [0.1, 0.15) is 18.2 Å². The lowest BCUT2D eigenvalue weighted by atomic mass is 9.95. The summed E-state index contributed by atoms with van der Waals surface area (Å²) < 4.78 is 5.83. The standard InChI is InChI=1S/C19H14BN3O2/c1-10-18-17(15-9-13(20)5-8-16(15)25-18)23-19(21-10)12-3-6-14(7-4-12)22-11(2)24/h3-9H,1H2,2H3,(H,21,23)(H,22,24). The highest BCUT2D eigenvalue weighted by Gasteiger charge is 2.23. The summed E-state index contributed by atoms with van der Waals surface area (Å²) in [4.78, 5) is 15.8. The Morgan fingerprint density at radius 1 is 1.24 bits per heavy atom. The first-order valence-electron chi connectivity index (χ1n) is 7.76. The highest BCUT2D eigenvalue weighted by Crippen LogP contribution is 2.38. The number of nitrogens with one attached hydrogen (secondary N) is 2. The van der Waals surface area contributed by atoms with Crippen LogP contribution in [0.15, 0.2) is 58.5 Å². The Morgan fingerprint density at radius 3 is 2.72 bits per heavy atom. The number of fused-ring (bicyclic) bond motifs is 3. The van der Waals surface area contributed by atoms with Gasteiger partial charge in [-0.15, -0.1) is 0 Å². The van der Waals surface area contributed by atoms with Crippen LogP contribution in [0.3, 0.4) is 0 Å². The van der Waals surface area contributed by atoms with Gasteiger partial charge in [-0.3, -0.25) is 4.79 Å². The molecular weight excluding hydrogens is 313 g/mol. The Bertz CT molecular complexity index is 1050. The van der Waals surface area contributed by atoms with Crippen molar-refractivity contribution in [3.05, 3.63) is 60.4 Å². The third-order valence-corrected chi connectivity index (χ3v) is 3.93. The highest BCUT2D eigenvalue weighted by molar-refractivity contribution is 6.33. The second kappa shape index (κ2) is 5.67. The number of furan rings is 1. The van der Waals surface area contributed by atoms with Crippen LogP contribution in [0.25, 0.3) is 16.7 Å². The van der Waals surface area contributed by atoms with Crippen molar-refractivity contribution in [1.82, 2.24) is 5.32 Å². The van der Waals surface area contributed by atoms with Crippen LogP contribution in [0, 0.1) is 0 Å². The summed E-state index contributed by atoms with van der Waals surface area (Å²) in [6.07, 6.45) is 0.